The second-order valence-electron chi connectivity index (χ2n) is 7.82. The van der Waals surface area contributed by atoms with E-state index in [1.165, 1.54) is 12.1 Å². The van der Waals surface area contributed by atoms with Gasteiger partial charge in [0.1, 0.15) is 5.75 Å². The van der Waals surface area contributed by atoms with Gasteiger partial charge in [0.15, 0.2) is 0 Å². The van der Waals surface area contributed by atoms with Gasteiger partial charge in [-0.25, -0.2) is 8.42 Å². The molecule has 1 aliphatic rings. The number of nitrogens with one attached hydrogen (secondary N) is 1. The number of rotatable bonds is 7. The molecule has 1 aromatic heterocycles. The zero-order chi connectivity index (χ0) is 23.3. The maximum Gasteiger partial charge on any atom is 0.259 e. The standard InChI is InChI=1S/C25H27N3O4S/c1-2-32-24-11-4-3-9-22(24)25(29)27-20-12-14-21(15-13-20)33(30,31)28-17-6-5-10-23(28)19-8-7-16-26-18-19/h3-4,7-9,11-16,18,23H,2,5-6,10,17H2,1H3,(H,27,29)/t23-/m1/s1. The number of hydrogen-bond acceptors (Lipinski definition) is 5. The largest absolute Gasteiger partial charge is 0.493 e. The van der Waals surface area contributed by atoms with E-state index < -0.39 is 10.0 Å². The molecule has 8 heteroatoms. The molecule has 0 aliphatic carbocycles. The van der Waals surface area contributed by atoms with Gasteiger partial charge in [-0.2, -0.15) is 4.31 Å². The van der Waals surface area contributed by atoms with Crippen LogP contribution in [-0.4, -0.2) is 36.8 Å². The van der Waals surface area contributed by atoms with E-state index in [1.807, 2.05) is 19.1 Å². The molecule has 0 saturated carbocycles. The predicted octanol–water partition coefficient (Wildman–Crippen LogP) is 4.65. The lowest BCUT2D eigenvalue weighted by atomic mass is 9.99. The van der Waals surface area contributed by atoms with E-state index in [0.29, 0.717) is 30.2 Å². The Labute approximate surface area is 194 Å². The highest BCUT2D eigenvalue weighted by Crippen LogP contribution is 2.35. The van der Waals surface area contributed by atoms with Gasteiger partial charge in [0.2, 0.25) is 10.0 Å². The number of benzene rings is 2. The lowest BCUT2D eigenvalue weighted by molar-refractivity contribution is 0.102. The molecule has 4 rings (SSSR count). The van der Waals surface area contributed by atoms with Crippen LogP contribution in [-0.2, 0) is 10.0 Å². The molecule has 0 bridgehead atoms. The summed E-state index contributed by atoms with van der Waals surface area (Å²) in [5.74, 6) is 0.186. The van der Waals surface area contributed by atoms with Gasteiger partial charge in [0.25, 0.3) is 5.91 Å². The quantitative estimate of drug-likeness (QED) is 0.549. The molecule has 0 unspecified atom stereocenters. The average molecular weight is 466 g/mol. The predicted molar refractivity (Wildman–Crippen MR) is 127 cm³/mol. The summed E-state index contributed by atoms with van der Waals surface area (Å²) >= 11 is 0. The monoisotopic (exact) mass is 465 g/mol. The van der Waals surface area contributed by atoms with Crippen molar-refractivity contribution in [3.8, 4) is 5.75 Å². The molecule has 0 radical (unpaired) electrons. The molecule has 172 valence electrons. The van der Waals surface area contributed by atoms with Crippen molar-refractivity contribution in [3.05, 3.63) is 84.2 Å². The van der Waals surface area contributed by atoms with Crippen LogP contribution in [0.5, 0.6) is 5.75 Å². The minimum Gasteiger partial charge on any atom is -0.493 e. The van der Waals surface area contributed by atoms with Gasteiger partial charge in [0.05, 0.1) is 23.1 Å². The fourth-order valence-corrected chi connectivity index (χ4v) is 5.76. The summed E-state index contributed by atoms with van der Waals surface area (Å²) in [4.78, 5) is 17.1. The molecule has 7 nitrogen and oxygen atoms in total. The number of para-hydroxylation sites is 1. The molecule has 1 amide bonds. The highest BCUT2D eigenvalue weighted by atomic mass is 32.2. The van der Waals surface area contributed by atoms with Gasteiger partial charge in [-0.15, -0.1) is 0 Å². The maximum absolute atomic E-state index is 13.4. The smallest absolute Gasteiger partial charge is 0.259 e. The summed E-state index contributed by atoms with van der Waals surface area (Å²) in [6, 6.07) is 16.8. The second-order valence-corrected chi connectivity index (χ2v) is 9.71. The first-order valence-corrected chi connectivity index (χ1v) is 12.5. The van der Waals surface area contributed by atoms with Crippen molar-refractivity contribution in [1.82, 2.24) is 9.29 Å². The van der Waals surface area contributed by atoms with E-state index in [-0.39, 0.29) is 16.8 Å². The molecule has 1 atom stereocenters. The minimum atomic E-state index is -3.70. The van der Waals surface area contributed by atoms with Crippen LogP contribution in [0.4, 0.5) is 5.69 Å². The van der Waals surface area contributed by atoms with Crippen molar-refractivity contribution in [3.63, 3.8) is 0 Å². The highest BCUT2D eigenvalue weighted by molar-refractivity contribution is 7.89. The lowest BCUT2D eigenvalue weighted by Gasteiger charge is -2.34. The van der Waals surface area contributed by atoms with Crippen molar-refractivity contribution >= 4 is 21.6 Å². The Kier molecular flexibility index (Phi) is 7.05. The number of sulfonamides is 1. The van der Waals surface area contributed by atoms with E-state index in [0.717, 1.165) is 24.8 Å². The minimum absolute atomic E-state index is 0.200. The number of nitrogens with zero attached hydrogens (tertiary/aromatic N) is 2. The van der Waals surface area contributed by atoms with Crippen molar-refractivity contribution in [2.45, 2.75) is 37.1 Å². The topological polar surface area (TPSA) is 88.6 Å². The fourth-order valence-electron chi connectivity index (χ4n) is 4.08. The third kappa shape index (κ3) is 5.07. The number of ether oxygens (including phenoxy) is 1. The number of piperidine rings is 1. The normalized spacial score (nSPS) is 16.8. The summed E-state index contributed by atoms with van der Waals surface area (Å²) < 4.78 is 34.0. The number of amides is 1. The van der Waals surface area contributed by atoms with E-state index in [4.69, 9.17) is 4.74 Å². The molecule has 3 aromatic rings. The molecule has 33 heavy (non-hydrogen) atoms. The maximum atomic E-state index is 13.4. The Bertz CT molecular complexity index is 1200. The third-order valence-corrected chi connectivity index (χ3v) is 7.60. The number of carbonyl (C=O) groups is 1. The molecule has 1 N–H and O–H groups in total. The Morgan fingerprint density at radius 1 is 1.09 bits per heavy atom. The summed E-state index contributed by atoms with van der Waals surface area (Å²) in [7, 11) is -3.70. The van der Waals surface area contributed by atoms with Crippen LogP contribution < -0.4 is 10.1 Å². The Morgan fingerprint density at radius 3 is 2.61 bits per heavy atom. The molecule has 1 fully saturated rings. The van der Waals surface area contributed by atoms with Crippen LogP contribution in [0.1, 0.15) is 48.1 Å². The SMILES string of the molecule is CCOc1ccccc1C(=O)Nc1ccc(S(=O)(=O)N2CCCC[C@@H]2c2cccnc2)cc1. The van der Waals surface area contributed by atoms with Gasteiger partial charge < -0.3 is 10.1 Å². The number of carbonyl (C=O) groups excluding carboxylic acids is 1. The summed E-state index contributed by atoms with van der Waals surface area (Å²) in [5, 5.41) is 2.81. The van der Waals surface area contributed by atoms with Crippen LogP contribution in [0.25, 0.3) is 0 Å². The van der Waals surface area contributed by atoms with Crippen molar-refractivity contribution in [2.24, 2.45) is 0 Å². The van der Waals surface area contributed by atoms with Crippen LogP contribution in [0.15, 0.2) is 78.0 Å². The van der Waals surface area contributed by atoms with Crippen LogP contribution in [0.3, 0.4) is 0 Å². The molecule has 0 spiro atoms. The molecular weight excluding hydrogens is 438 g/mol. The van der Waals surface area contributed by atoms with Gasteiger partial charge in [0, 0.05) is 24.6 Å². The Balaban J connectivity index is 1.53. The first kappa shape index (κ1) is 22.9. The zero-order valence-electron chi connectivity index (χ0n) is 18.5. The summed E-state index contributed by atoms with van der Waals surface area (Å²) in [5.41, 5.74) is 1.83. The lowest BCUT2D eigenvalue weighted by Crippen LogP contribution is -2.38. The van der Waals surface area contributed by atoms with E-state index >= 15 is 0 Å². The van der Waals surface area contributed by atoms with Crippen LogP contribution in [0, 0.1) is 0 Å². The van der Waals surface area contributed by atoms with E-state index in [1.54, 1.807) is 53.1 Å². The summed E-state index contributed by atoms with van der Waals surface area (Å²) in [6.07, 6.45) is 5.98. The van der Waals surface area contributed by atoms with Crippen LogP contribution in [0.2, 0.25) is 0 Å². The number of aromatic nitrogens is 1. The van der Waals surface area contributed by atoms with E-state index in [9.17, 15) is 13.2 Å². The van der Waals surface area contributed by atoms with Gasteiger partial charge in [-0.3, -0.25) is 9.78 Å². The first-order valence-electron chi connectivity index (χ1n) is 11.1. The highest BCUT2D eigenvalue weighted by Gasteiger charge is 2.34. The molecule has 1 aliphatic heterocycles. The Hall–Kier alpha value is -3.23. The third-order valence-electron chi connectivity index (χ3n) is 5.67. The number of pyridine rings is 1. The first-order chi connectivity index (χ1) is 16.0. The van der Waals surface area contributed by atoms with Gasteiger partial charge >= 0.3 is 0 Å². The number of hydrogen-bond donors (Lipinski definition) is 1. The molecular formula is C25H27N3O4S. The average Bonchev–Trinajstić information content (AvgIpc) is 2.85. The fraction of sp³-hybridized carbons (Fsp3) is 0.280. The molecule has 2 heterocycles. The molecule has 2 aromatic carbocycles. The van der Waals surface area contributed by atoms with Crippen molar-refractivity contribution in [1.29, 1.82) is 0 Å². The van der Waals surface area contributed by atoms with E-state index in [2.05, 4.69) is 10.3 Å². The van der Waals surface area contributed by atoms with Gasteiger partial charge in [-0.05, 0) is 67.8 Å². The van der Waals surface area contributed by atoms with Crippen LogP contribution >= 0.6 is 0 Å². The molecule has 1 saturated heterocycles. The van der Waals surface area contributed by atoms with Gasteiger partial charge in [-0.1, -0.05) is 24.6 Å². The Morgan fingerprint density at radius 2 is 1.88 bits per heavy atom. The van der Waals surface area contributed by atoms with Crippen molar-refractivity contribution < 1.29 is 17.9 Å². The zero-order valence-corrected chi connectivity index (χ0v) is 19.3. The van der Waals surface area contributed by atoms with Crippen molar-refractivity contribution in [2.75, 3.05) is 18.5 Å². The number of anilines is 1. The summed E-state index contributed by atoms with van der Waals surface area (Å²) in [6.45, 7) is 2.77. The second kappa shape index (κ2) is 10.1.